The van der Waals surface area contributed by atoms with E-state index in [4.69, 9.17) is 17.0 Å². The van der Waals surface area contributed by atoms with Crippen molar-refractivity contribution in [2.45, 2.75) is 11.4 Å². The first kappa shape index (κ1) is 19.8. The number of ether oxygens (including phenoxy) is 1. The quantitative estimate of drug-likeness (QED) is 0.532. The molecule has 2 heterocycles. The number of H-pyrrole nitrogens is 1. The van der Waals surface area contributed by atoms with Crippen LogP contribution in [0.2, 0.25) is 0 Å². The Hall–Kier alpha value is -2.53. The summed E-state index contributed by atoms with van der Waals surface area (Å²) in [5.41, 5.74) is 2.58. The highest BCUT2D eigenvalue weighted by atomic mass is 32.2. The summed E-state index contributed by atoms with van der Waals surface area (Å²) in [6.45, 7) is 2.04. The lowest BCUT2D eigenvalue weighted by molar-refractivity contribution is 0.0730. The minimum absolute atomic E-state index is 0.256. The van der Waals surface area contributed by atoms with Crippen LogP contribution in [0.15, 0.2) is 53.4 Å². The smallest absolute Gasteiger partial charge is 0.243 e. The number of hydrogen-bond donors (Lipinski definition) is 3. The molecule has 0 radical (unpaired) electrons. The minimum Gasteiger partial charge on any atom is -0.379 e. The van der Waals surface area contributed by atoms with Crippen LogP contribution in [0.4, 0.5) is 5.69 Å². The SMILES string of the molecule is O=S(=O)(c1ccc(NC(=S)NCc2nc3ccccc3[nH]2)cc1)N1CCOCC1. The number of aromatic nitrogens is 2. The van der Waals surface area contributed by atoms with E-state index in [1.165, 1.54) is 4.31 Å². The molecule has 4 rings (SSSR count). The topological polar surface area (TPSA) is 99.3 Å². The van der Waals surface area contributed by atoms with Gasteiger partial charge in [-0.2, -0.15) is 4.31 Å². The van der Waals surface area contributed by atoms with Gasteiger partial charge in [0.25, 0.3) is 0 Å². The third-order valence-electron chi connectivity index (χ3n) is 4.57. The van der Waals surface area contributed by atoms with Gasteiger partial charge in [0.1, 0.15) is 5.82 Å². The highest BCUT2D eigenvalue weighted by Crippen LogP contribution is 2.19. The van der Waals surface area contributed by atoms with Gasteiger partial charge in [-0.1, -0.05) is 12.1 Å². The first-order chi connectivity index (χ1) is 14.0. The number of benzene rings is 2. The molecule has 29 heavy (non-hydrogen) atoms. The summed E-state index contributed by atoms with van der Waals surface area (Å²) in [5.74, 6) is 0.780. The molecule has 8 nitrogen and oxygen atoms in total. The van der Waals surface area contributed by atoms with E-state index in [1.807, 2.05) is 24.3 Å². The largest absolute Gasteiger partial charge is 0.379 e. The van der Waals surface area contributed by atoms with E-state index in [0.717, 1.165) is 16.9 Å². The van der Waals surface area contributed by atoms with Crippen molar-refractivity contribution in [3.8, 4) is 0 Å². The number of anilines is 1. The number of hydrogen-bond acceptors (Lipinski definition) is 5. The first-order valence-corrected chi connectivity index (χ1v) is 11.0. The molecular weight excluding hydrogens is 410 g/mol. The molecule has 152 valence electrons. The number of para-hydroxylation sites is 2. The van der Waals surface area contributed by atoms with Gasteiger partial charge in [-0.25, -0.2) is 13.4 Å². The van der Waals surface area contributed by atoms with Gasteiger partial charge in [0.05, 0.1) is 35.7 Å². The van der Waals surface area contributed by atoms with Gasteiger partial charge in [-0.05, 0) is 48.6 Å². The Morgan fingerprint density at radius 3 is 2.59 bits per heavy atom. The van der Waals surface area contributed by atoms with Crippen LogP contribution >= 0.6 is 12.2 Å². The third kappa shape index (κ3) is 4.56. The second-order valence-corrected chi connectivity index (χ2v) is 8.90. The molecule has 2 aromatic carbocycles. The van der Waals surface area contributed by atoms with Crippen molar-refractivity contribution < 1.29 is 13.2 Å². The Bertz CT molecular complexity index is 1070. The summed E-state index contributed by atoms with van der Waals surface area (Å²) in [6.07, 6.45) is 0. The monoisotopic (exact) mass is 431 g/mol. The number of thiocarbonyl (C=S) groups is 1. The molecule has 1 aliphatic rings. The van der Waals surface area contributed by atoms with E-state index in [2.05, 4.69) is 20.6 Å². The number of aromatic amines is 1. The lowest BCUT2D eigenvalue weighted by atomic mass is 10.3. The van der Waals surface area contributed by atoms with Crippen molar-refractivity contribution in [2.24, 2.45) is 0 Å². The van der Waals surface area contributed by atoms with Crippen molar-refractivity contribution in [1.29, 1.82) is 0 Å². The number of nitrogens with one attached hydrogen (secondary N) is 3. The van der Waals surface area contributed by atoms with E-state index in [-0.39, 0.29) is 4.90 Å². The molecule has 10 heteroatoms. The lowest BCUT2D eigenvalue weighted by Gasteiger charge is -2.26. The predicted molar refractivity (Wildman–Crippen MR) is 115 cm³/mol. The Morgan fingerprint density at radius 1 is 1.14 bits per heavy atom. The maximum Gasteiger partial charge on any atom is 0.243 e. The van der Waals surface area contributed by atoms with Crippen LogP contribution in [0.5, 0.6) is 0 Å². The van der Waals surface area contributed by atoms with Crippen LogP contribution < -0.4 is 10.6 Å². The van der Waals surface area contributed by atoms with Crippen LogP contribution in [0, 0.1) is 0 Å². The molecule has 3 aromatic rings. The van der Waals surface area contributed by atoms with Gasteiger partial charge in [0, 0.05) is 18.8 Å². The molecule has 0 unspecified atom stereocenters. The summed E-state index contributed by atoms with van der Waals surface area (Å²) < 4.78 is 32.0. The number of morpholine rings is 1. The zero-order valence-corrected chi connectivity index (χ0v) is 17.2. The van der Waals surface area contributed by atoms with E-state index >= 15 is 0 Å². The van der Waals surface area contributed by atoms with Gasteiger partial charge in [0.15, 0.2) is 5.11 Å². The minimum atomic E-state index is -3.50. The fourth-order valence-electron chi connectivity index (χ4n) is 3.07. The number of imidazole rings is 1. The fraction of sp³-hybridized carbons (Fsp3) is 0.263. The first-order valence-electron chi connectivity index (χ1n) is 9.19. The summed E-state index contributed by atoms with van der Waals surface area (Å²) in [6, 6.07) is 14.4. The molecule has 3 N–H and O–H groups in total. The number of sulfonamides is 1. The van der Waals surface area contributed by atoms with Crippen molar-refractivity contribution in [3.05, 3.63) is 54.4 Å². The Balaban J connectivity index is 1.35. The molecule has 1 aliphatic heterocycles. The van der Waals surface area contributed by atoms with E-state index in [1.54, 1.807) is 24.3 Å². The summed E-state index contributed by atoms with van der Waals surface area (Å²) in [7, 11) is -3.50. The molecule has 1 saturated heterocycles. The van der Waals surface area contributed by atoms with Crippen LogP contribution in [-0.2, 0) is 21.3 Å². The lowest BCUT2D eigenvalue weighted by Crippen LogP contribution is -2.40. The zero-order valence-electron chi connectivity index (χ0n) is 15.6. The van der Waals surface area contributed by atoms with Crippen LogP contribution in [0.1, 0.15) is 5.82 Å². The van der Waals surface area contributed by atoms with Gasteiger partial charge >= 0.3 is 0 Å². The molecule has 0 spiro atoms. The number of fused-ring (bicyclic) bond motifs is 1. The van der Waals surface area contributed by atoms with Crippen LogP contribution in [0.25, 0.3) is 11.0 Å². The van der Waals surface area contributed by atoms with Crippen molar-refractivity contribution in [1.82, 2.24) is 19.6 Å². The molecular formula is C19H21N5O3S2. The summed E-state index contributed by atoms with van der Waals surface area (Å²) >= 11 is 5.32. The van der Waals surface area contributed by atoms with Crippen LogP contribution in [0.3, 0.4) is 0 Å². The fourth-order valence-corrected chi connectivity index (χ4v) is 4.67. The second kappa shape index (κ2) is 8.46. The molecule has 0 bridgehead atoms. The number of nitrogens with zero attached hydrogens (tertiary/aromatic N) is 2. The Labute approximate surface area is 174 Å². The van der Waals surface area contributed by atoms with Gasteiger partial charge in [-0.15, -0.1) is 0 Å². The Kier molecular flexibility index (Phi) is 5.76. The third-order valence-corrected chi connectivity index (χ3v) is 6.73. The van der Waals surface area contributed by atoms with Crippen molar-refractivity contribution in [2.75, 3.05) is 31.6 Å². The number of rotatable bonds is 5. The van der Waals surface area contributed by atoms with Crippen molar-refractivity contribution in [3.63, 3.8) is 0 Å². The van der Waals surface area contributed by atoms with E-state index in [0.29, 0.717) is 43.6 Å². The van der Waals surface area contributed by atoms with Crippen LogP contribution in [-0.4, -0.2) is 54.1 Å². The van der Waals surface area contributed by atoms with E-state index in [9.17, 15) is 8.42 Å². The standard InChI is InChI=1S/C19H21N5O3S2/c25-29(26,24-9-11-27-12-10-24)15-7-5-14(6-8-15)21-19(28)20-13-18-22-16-3-1-2-4-17(16)23-18/h1-8H,9-13H2,(H,22,23)(H2,20,21,28). The highest BCUT2D eigenvalue weighted by molar-refractivity contribution is 7.89. The normalized spacial score (nSPS) is 15.3. The molecule has 1 aromatic heterocycles. The molecule has 0 saturated carbocycles. The Morgan fingerprint density at radius 2 is 1.86 bits per heavy atom. The van der Waals surface area contributed by atoms with Crippen molar-refractivity contribution >= 4 is 44.1 Å². The molecule has 0 aliphatic carbocycles. The molecule has 0 atom stereocenters. The van der Waals surface area contributed by atoms with E-state index < -0.39 is 10.0 Å². The average molecular weight is 432 g/mol. The maximum absolute atomic E-state index is 12.7. The average Bonchev–Trinajstić information content (AvgIpc) is 3.16. The highest BCUT2D eigenvalue weighted by Gasteiger charge is 2.26. The summed E-state index contributed by atoms with van der Waals surface area (Å²) in [5, 5.41) is 6.57. The van der Waals surface area contributed by atoms with Gasteiger partial charge < -0.3 is 20.4 Å². The predicted octanol–water partition coefficient (Wildman–Crippen LogP) is 2.07. The molecule has 1 fully saturated rings. The second-order valence-electron chi connectivity index (χ2n) is 6.55. The molecule has 0 amide bonds. The maximum atomic E-state index is 12.7. The van der Waals surface area contributed by atoms with Gasteiger partial charge in [0.2, 0.25) is 10.0 Å². The van der Waals surface area contributed by atoms with Gasteiger partial charge in [-0.3, -0.25) is 0 Å². The summed E-state index contributed by atoms with van der Waals surface area (Å²) in [4.78, 5) is 7.97. The zero-order chi connectivity index (χ0) is 20.3.